The van der Waals surface area contributed by atoms with E-state index in [1.165, 1.54) is 11.3 Å². The van der Waals surface area contributed by atoms with E-state index in [0.29, 0.717) is 36.1 Å². The van der Waals surface area contributed by atoms with Gasteiger partial charge in [-0.25, -0.2) is 9.78 Å². The number of aliphatic imine (C=N–C) groups is 1. The van der Waals surface area contributed by atoms with Crippen LogP contribution in [0.25, 0.3) is 0 Å². The molecule has 0 bridgehead atoms. The molecular formula is C21H31IN6O3S. The van der Waals surface area contributed by atoms with Crippen molar-refractivity contribution in [3.8, 4) is 0 Å². The molecule has 0 saturated carbocycles. The third-order valence-electron chi connectivity index (χ3n) is 4.48. The van der Waals surface area contributed by atoms with Crippen LogP contribution in [0.5, 0.6) is 0 Å². The van der Waals surface area contributed by atoms with Gasteiger partial charge >= 0.3 is 5.97 Å². The first-order chi connectivity index (χ1) is 14.8. The van der Waals surface area contributed by atoms with Gasteiger partial charge in [0, 0.05) is 39.0 Å². The quantitative estimate of drug-likeness (QED) is 0.205. The zero-order valence-electron chi connectivity index (χ0n) is 19.0. The van der Waals surface area contributed by atoms with Crippen molar-refractivity contribution in [2.75, 3.05) is 33.8 Å². The second kappa shape index (κ2) is 14.0. The van der Waals surface area contributed by atoms with Crippen LogP contribution in [0.1, 0.15) is 46.0 Å². The lowest BCUT2D eigenvalue weighted by atomic mass is 10.2. The molecule has 32 heavy (non-hydrogen) atoms. The van der Waals surface area contributed by atoms with E-state index < -0.39 is 0 Å². The van der Waals surface area contributed by atoms with E-state index in [2.05, 4.69) is 25.6 Å². The number of likely N-dealkylation sites (N-methyl/N-ethyl adjacent to an activating group) is 1. The van der Waals surface area contributed by atoms with Crippen LogP contribution in [0.4, 0.5) is 0 Å². The number of guanidine groups is 1. The minimum absolute atomic E-state index is 0. The normalized spacial score (nSPS) is 11.8. The van der Waals surface area contributed by atoms with E-state index in [4.69, 9.17) is 4.74 Å². The summed E-state index contributed by atoms with van der Waals surface area (Å²) in [5.74, 6) is 0.0588. The zero-order valence-corrected chi connectivity index (χ0v) is 22.2. The predicted molar refractivity (Wildman–Crippen MR) is 137 cm³/mol. The Balaban J connectivity index is 0.00000512. The van der Waals surface area contributed by atoms with Gasteiger partial charge in [-0.2, -0.15) is 0 Å². The van der Waals surface area contributed by atoms with Crippen molar-refractivity contribution >= 4 is 53.1 Å². The van der Waals surface area contributed by atoms with E-state index in [0.717, 1.165) is 10.7 Å². The summed E-state index contributed by atoms with van der Waals surface area (Å²) >= 11 is 1.29. The van der Waals surface area contributed by atoms with Gasteiger partial charge in [0.1, 0.15) is 9.88 Å². The molecule has 0 aliphatic carbocycles. The number of aryl methyl sites for hydroxylation is 1. The first-order valence-electron chi connectivity index (χ1n) is 10.1. The predicted octanol–water partition coefficient (Wildman–Crippen LogP) is 2.57. The number of hydrogen-bond donors (Lipinski definition) is 2. The number of hydrogen-bond acceptors (Lipinski definition) is 7. The summed E-state index contributed by atoms with van der Waals surface area (Å²) in [4.78, 5) is 39.5. The summed E-state index contributed by atoms with van der Waals surface area (Å²) in [6, 6.07) is 5.54. The van der Waals surface area contributed by atoms with Crippen molar-refractivity contribution in [1.29, 1.82) is 0 Å². The summed E-state index contributed by atoms with van der Waals surface area (Å²) in [5.41, 5.74) is 1.59. The van der Waals surface area contributed by atoms with E-state index in [1.54, 1.807) is 39.0 Å². The van der Waals surface area contributed by atoms with Crippen LogP contribution in [-0.4, -0.2) is 66.5 Å². The van der Waals surface area contributed by atoms with E-state index in [9.17, 15) is 9.59 Å². The Kier molecular flexibility index (Phi) is 12.1. The van der Waals surface area contributed by atoms with Crippen molar-refractivity contribution < 1.29 is 14.3 Å². The van der Waals surface area contributed by atoms with Crippen molar-refractivity contribution in [1.82, 2.24) is 25.5 Å². The summed E-state index contributed by atoms with van der Waals surface area (Å²) in [6.07, 6.45) is 2.44. The zero-order chi connectivity index (χ0) is 22.8. The van der Waals surface area contributed by atoms with Crippen LogP contribution in [0, 0.1) is 6.92 Å². The van der Waals surface area contributed by atoms with Gasteiger partial charge in [-0.05, 0) is 32.9 Å². The van der Waals surface area contributed by atoms with Crippen LogP contribution < -0.4 is 10.6 Å². The molecular weight excluding hydrogens is 543 g/mol. The van der Waals surface area contributed by atoms with Gasteiger partial charge in [0.25, 0.3) is 0 Å². The second-order valence-corrected chi connectivity index (χ2v) is 7.90. The number of halogens is 1. The molecule has 1 atom stereocenters. The number of esters is 1. The Morgan fingerprint density at radius 1 is 1.34 bits per heavy atom. The van der Waals surface area contributed by atoms with E-state index >= 15 is 0 Å². The molecule has 176 valence electrons. The summed E-state index contributed by atoms with van der Waals surface area (Å²) in [7, 11) is 3.40. The number of amides is 1. The van der Waals surface area contributed by atoms with Gasteiger partial charge in [-0.1, -0.05) is 6.07 Å². The molecule has 2 aromatic rings. The SMILES string of the molecule is CCOC(=O)c1sc(C(C)NC(=NC)NCC(=O)N(C)CCc2ccccn2)nc1C.I. The number of thiazole rings is 1. The van der Waals surface area contributed by atoms with Crippen LogP contribution in [0.2, 0.25) is 0 Å². The van der Waals surface area contributed by atoms with Gasteiger partial charge < -0.3 is 20.3 Å². The van der Waals surface area contributed by atoms with Crippen molar-refractivity contribution in [2.45, 2.75) is 33.2 Å². The number of nitrogens with one attached hydrogen (secondary N) is 2. The third kappa shape index (κ3) is 8.34. The van der Waals surface area contributed by atoms with Gasteiger partial charge in [0.15, 0.2) is 5.96 Å². The van der Waals surface area contributed by atoms with Crippen LogP contribution in [0.15, 0.2) is 29.4 Å². The molecule has 1 unspecified atom stereocenters. The monoisotopic (exact) mass is 574 g/mol. The minimum Gasteiger partial charge on any atom is -0.462 e. The number of pyridine rings is 1. The Morgan fingerprint density at radius 2 is 2.09 bits per heavy atom. The van der Waals surface area contributed by atoms with E-state index in [-0.39, 0.29) is 48.4 Å². The lowest BCUT2D eigenvalue weighted by molar-refractivity contribution is -0.128. The van der Waals surface area contributed by atoms with Gasteiger partial charge in [-0.3, -0.25) is 14.8 Å². The largest absolute Gasteiger partial charge is 0.462 e. The Labute approximate surface area is 210 Å². The van der Waals surface area contributed by atoms with Crippen molar-refractivity contribution in [2.24, 2.45) is 4.99 Å². The fraction of sp³-hybridized carbons (Fsp3) is 0.476. The van der Waals surface area contributed by atoms with E-state index in [1.807, 2.05) is 25.1 Å². The number of rotatable bonds is 9. The molecule has 11 heteroatoms. The minimum atomic E-state index is -0.363. The maximum atomic E-state index is 12.4. The molecule has 2 rings (SSSR count). The average Bonchev–Trinajstić information content (AvgIpc) is 3.17. The number of ether oxygens (including phenoxy) is 1. The molecule has 1 amide bonds. The lowest BCUT2D eigenvalue weighted by Crippen LogP contribution is -2.44. The standard InChI is InChI=1S/C21H30N6O3S.HI/c1-6-30-20(29)18-14(2)25-19(31-18)15(3)26-21(22-4)24-13-17(28)27(5)12-10-16-9-7-8-11-23-16;/h7-9,11,15H,6,10,12-13H2,1-5H3,(H2,22,24,26);1H. The summed E-state index contributed by atoms with van der Waals surface area (Å²) in [5, 5.41) is 6.97. The molecule has 0 aliphatic heterocycles. The van der Waals surface area contributed by atoms with Gasteiger partial charge in [0.2, 0.25) is 5.91 Å². The van der Waals surface area contributed by atoms with Gasteiger partial charge in [-0.15, -0.1) is 35.3 Å². The fourth-order valence-corrected chi connectivity index (χ4v) is 3.66. The lowest BCUT2D eigenvalue weighted by Gasteiger charge is -2.20. The first kappa shape index (κ1) is 27.8. The highest BCUT2D eigenvalue weighted by atomic mass is 127. The molecule has 0 aromatic carbocycles. The molecule has 9 nitrogen and oxygen atoms in total. The summed E-state index contributed by atoms with van der Waals surface area (Å²) in [6.45, 7) is 6.48. The molecule has 0 saturated heterocycles. The number of nitrogens with zero attached hydrogens (tertiary/aromatic N) is 4. The number of aromatic nitrogens is 2. The van der Waals surface area contributed by atoms with Crippen LogP contribution in [0.3, 0.4) is 0 Å². The third-order valence-corrected chi connectivity index (χ3v) is 5.80. The van der Waals surface area contributed by atoms with Gasteiger partial charge in [0.05, 0.1) is 24.9 Å². The Bertz CT molecular complexity index is 906. The second-order valence-electron chi connectivity index (χ2n) is 6.87. The molecule has 0 aliphatic rings. The highest BCUT2D eigenvalue weighted by Gasteiger charge is 2.20. The first-order valence-corrected chi connectivity index (χ1v) is 10.9. The average molecular weight is 574 g/mol. The highest BCUT2D eigenvalue weighted by Crippen LogP contribution is 2.24. The molecule has 2 N–H and O–H groups in total. The molecule has 0 spiro atoms. The molecule has 2 aromatic heterocycles. The maximum Gasteiger partial charge on any atom is 0.350 e. The topological polar surface area (TPSA) is 109 Å². The number of carbonyl (C=O) groups excluding carboxylic acids is 2. The Morgan fingerprint density at radius 3 is 2.72 bits per heavy atom. The maximum absolute atomic E-state index is 12.4. The Hall–Kier alpha value is -2.28. The molecule has 0 radical (unpaired) electrons. The van der Waals surface area contributed by atoms with Crippen LogP contribution in [-0.2, 0) is 16.0 Å². The van der Waals surface area contributed by atoms with Crippen LogP contribution >= 0.6 is 35.3 Å². The fourth-order valence-electron chi connectivity index (χ4n) is 2.70. The smallest absolute Gasteiger partial charge is 0.350 e. The highest BCUT2D eigenvalue weighted by molar-refractivity contribution is 14.0. The molecule has 0 fully saturated rings. The van der Waals surface area contributed by atoms with Crippen molar-refractivity contribution in [3.63, 3.8) is 0 Å². The molecule has 2 heterocycles. The van der Waals surface area contributed by atoms with Crippen molar-refractivity contribution in [3.05, 3.63) is 45.7 Å². The number of carbonyl (C=O) groups is 2. The summed E-state index contributed by atoms with van der Waals surface area (Å²) < 4.78 is 5.07.